The van der Waals surface area contributed by atoms with Gasteiger partial charge in [0.15, 0.2) is 9.84 Å². The van der Waals surface area contributed by atoms with Crippen LogP contribution in [0.15, 0.2) is 51.8 Å². The third kappa shape index (κ3) is 3.83. The summed E-state index contributed by atoms with van der Waals surface area (Å²) in [7, 11) is -3.43. The van der Waals surface area contributed by atoms with Crippen LogP contribution in [0, 0.1) is 0 Å². The van der Waals surface area contributed by atoms with E-state index in [2.05, 4.69) is 21.2 Å². The van der Waals surface area contributed by atoms with Gasteiger partial charge in [0, 0.05) is 22.0 Å². The van der Waals surface area contributed by atoms with Gasteiger partial charge in [0.05, 0.1) is 10.6 Å². The Labute approximate surface area is 131 Å². The molecule has 1 amide bonds. The van der Waals surface area contributed by atoms with Crippen LogP contribution in [0.5, 0.6) is 0 Å². The highest BCUT2D eigenvalue weighted by Crippen LogP contribution is 2.23. The number of rotatable bonds is 3. The highest BCUT2D eigenvalue weighted by Gasteiger charge is 2.15. The molecule has 0 bridgehead atoms. The van der Waals surface area contributed by atoms with Crippen molar-refractivity contribution in [2.45, 2.75) is 4.90 Å². The van der Waals surface area contributed by atoms with Crippen molar-refractivity contribution < 1.29 is 13.2 Å². The molecule has 0 aliphatic heterocycles. The van der Waals surface area contributed by atoms with Crippen molar-refractivity contribution >= 4 is 43.0 Å². The number of amides is 1. The second kappa shape index (κ2) is 5.87. The van der Waals surface area contributed by atoms with Crippen molar-refractivity contribution in [1.29, 1.82) is 0 Å². The number of para-hydroxylation sites is 1. The number of nitrogens with two attached hydrogens (primary N) is 1. The highest BCUT2D eigenvalue weighted by molar-refractivity contribution is 9.10. The van der Waals surface area contributed by atoms with Gasteiger partial charge >= 0.3 is 0 Å². The minimum Gasteiger partial charge on any atom is -0.399 e. The largest absolute Gasteiger partial charge is 0.399 e. The Hall–Kier alpha value is -1.86. The first-order valence-electron chi connectivity index (χ1n) is 5.94. The molecule has 21 heavy (non-hydrogen) atoms. The molecular formula is C14H13BrN2O3S. The number of anilines is 2. The van der Waals surface area contributed by atoms with E-state index in [9.17, 15) is 13.2 Å². The van der Waals surface area contributed by atoms with Crippen LogP contribution in [-0.2, 0) is 9.84 Å². The molecular weight excluding hydrogens is 356 g/mol. The van der Waals surface area contributed by atoms with Gasteiger partial charge in [-0.05, 0) is 30.3 Å². The van der Waals surface area contributed by atoms with Gasteiger partial charge in [-0.1, -0.05) is 28.1 Å². The lowest BCUT2D eigenvalue weighted by Crippen LogP contribution is -2.14. The fraction of sp³-hybridized carbons (Fsp3) is 0.0714. The van der Waals surface area contributed by atoms with Crippen LogP contribution in [0.2, 0.25) is 0 Å². The molecule has 2 rings (SSSR count). The van der Waals surface area contributed by atoms with Gasteiger partial charge in [-0.2, -0.15) is 0 Å². The monoisotopic (exact) mass is 368 g/mol. The summed E-state index contributed by atoms with van der Waals surface area (Å²) < 4.78 is 24.1. The van der Waals surface area contributed by atoms with Crippen molar-refractivity contribution in [3.8, 4) is 0 Å². The normalized spacial score (nSPS) is 11.1. The lowest BCUT2D eigenvalue weighted by molar-refractivity contribution is 0.102. The fourth-order valence-corrected chi connectivity index (χ4v) is 3.19. The maximum atomic E-state index is 12.2. The molecule has 2 aromatic carbocycles. The molecule has 7 heteroatoms. The molecule has 110 valence electrons. The number of carbonyl (C=O) groups is 1. The van der Waals surface area contributed by atoms with Crippen molar-refractivity contribution in [2.24, 2.45) is 0 Å². The molecule has 0 heterocycles. The Morgan fingerprint density at radius 2 is 1.86 bits per heavy atom. The minimum atomic E-state index is -3.43. The summed E-state index contributed by atoms with van der Waals surface area (Å²) in [5.41, 5.74) is 6.70. The van der Waals surface area contributed by atoms with Crippen LogP contribution in [0.1, 0.15) is 10.4 Å². The lowest BCUT2D eigenvalue weighted by Gasteiger charge is -2.10. The van der Waals surface area contributed by atoms with Gasteiger partial charge in [-0.3, -0.25) is 4.79 Å². The van der Waals surface area contributed by atoms with E-state index in [4.69, 9.17) is 5.73 Å². The average Bonchev–Trinajstić information content (AvgIpc) is 2.37. The summed E-state index contributed by atoms with van der Waals surface area (Å²) >= 11 is 3.26. The summed E-state index contributed by atoms with van der Waals surface area (Å²) in [6.45, 7) is 0. The van der Waals surface area contributed by atoms with Gasteiger partial charge < -0.3 is 11.1 Å². The van der Waals surface area contributed by atoms with E-state index in [0.29, 0.717) is 15.7 Å². The predicted molar refractivity (Wildman–Crippen MR) is 86.1 cm³/mol. The SMILES string of the molecule is CS(=O)(=O)c1ccccc1NC(=O)c1cc(N)cc(Br)c1. The zero-order valence-corrected chi connectivity index (χ0v) is 13.5. The molecule has 0 unspecified atom stereocenters. The molecule has 2 aromatic rings. The standard InChI is InChI=1S/C14H13BrN2O3S/c1-21(19,20)13-5-3-2-4-12(13)17-14(18)9-6-10(15)8-11(16)7-9/h2-8H,16H2,1H3,(H,17,18). The van der Waals surface area contributed by atoms with Crippen molar-refractivity contribution in [3.63, 3.8) is 0 Å². The maximum Gasteiger partial charge on any atom is 0.255 e. The molecule has 0 aliphatic rings. The number of benzene rings is 2. The first kappa shape index (κ1) is 15.5. The second-order valence-corrected chi connectivity index (χ2v) is 7.40. The van der Waals surface area contributed by atoms with Gasteiger partial charge in [0.1, 0.15) is 0 Å². The number of halogens is 1. The molecule has 3 N–H and O–H groups in total. The van der Waals surface area contributed by atoms with Crippen molar-refractivity contribution in [2.75, 3.05) is 17.3 Å². The number of nitrogen functional groups attached to an aromatic ring is 1. The van der Waals surface area contributed by atoms with Crippen molar-refractivity contribution in [3.05, 3.63) is 52.5 Å². The van der Waals surface area contributed by atoms with E-state index in [1.54, 1.807) is 24.3 Å². The molecule has 0 fully saturated rings. The van der Waals surface area contributed by atoms with E-state index in [-0.39, 0.29) is 10.6 Å². The van der Waals surface area contributed by atoms with E-state index in [1.165, 1.54) is 18.2 Å². The summed E-state index contributed by atoms with van der Waals surface area (Å²) in [6, 6.07) is 11.0. The van der Waals surface area contributed by atoms with Crippen molar-refractivity contribution in [1.82, 2.24) is 0 Å². The van der Waals surface area contributed by atoms with Gasteiger partial charge in [0.25, 0.3) is 5.91 Å². The lowest BCUT2D eigenvalue weighted by atomic mass is 10.2. The third-order valence-corrected chi connectivity index (χ3v) is 4.33. The molecule has 0 spiro atoms. The molecule has 0 atom stereocenters. The number of hydrogen-bond donors (Lipinski definition) is 2. The molecule has 0 radical (unpaired) electrons. The average molecular weight is 369 g/mol. The summed E-state index contributed by atoms with van der Waals surface area (Å²) in [4.78, 5) is 12.3. The van der Waals surface area contributed by atoms with Crippen LogP contribution < -0.4 is 11.1 Å². The molecule has 0 aromatic heterocycles. The summed E-state index contributed by atoms with van der Waals surface area (Å²) in [6.07, 6.45) is 1.09. The van der Waals surface area contributed by atoms with Crippen LogP contribution in [-0.4, -0.2) is 20.6 Å². The number of sulfone groups is 1. The first-order chi connectivity index (χ1) is 9.77. The van der Waals surface area contributed by atoms with Gasteiger partial charge in [-0.15, -0.1) is 0 Å². The molecule has 5 nitrogen and oxygen atoms in total. The number of carbonyl (C=O) groups excluding carboxylic acids is 1. The maximum absolute atomic E-state index is 12.2. The zero-order valence-electron chi connectivity index (χ0n) is 11.1. The number of nitrogens with one attached hydrogen (secondary N) is 1. The second-order valence-electron chi connectivity index (χ2n) is 4.50. The summed E-state index contributed by atoms with van der Waals surface area (Å²) in [5, 5.41) is 2.59. The van der Waals surface area contributed by atoms with Crippen LogP contribution in [0.25, 0.3) is 0 Å². The predicted octanol–water partition coefficient (Wildman–Crippen LogP) is 2.69. The quantitative estimate of drug-likeness (QED) is 0.815. The Balaban J connectivity index is 2.37. The van der Waals surface area contributed by atoms with Crippen LogP contribution in [0.3, 0.4) is 0 Å². The van der Waals surface area contributed by atoms with E-state index in [0.717, 1.165) is 6.26 Å². The Morgan fingerprint density at radius 3 is 2.48 bits per heavy atom. The topological polar surface area (TPSA) is 89.3 Å². The third-order valence-electron chi connectivity index (χ3n) is 2.72. The molecule has 0 aliphatic carbocycles. The Bertz CT molecular complexity index is 783. The molecule has 0 saturated heterocycles. The van der Waals surface area contributed by atoms with E-state index < -0.39 is 15.7 Å². The van der Waals surface area contributed by atoms with E-state index in [1.807, 2.05) is 0 Å². The Kier molecular flexibility index (Phi) is 4.34. The fourth-order valence-electron chi connectivity index (χ4n) is 1.83. The highest BCUT2D eigenvalue weighted by atomic mass is 79.9. The van der Waals surface area contributed by atoms with Crippen LogP contribution >= 0.6 is 15.9 Å². The zero-order chi connectivity index (χ0) is 15.6. The number of hydrogen-bond acceptors (Lipinski definition) is 4. The first-order valence-corrected chi connectivity index (χ1v) is 8.62. The minimum absolute atomic E-state index is 0.0707. The molecule has 0 saturated carbocycles. The Morgan fingerprint density at radius 1 is 1.19 bits per heavy atom. The smallest absolute Gasteiger partial charge is 0.255 e. The van der Waals surface area contributed by atoms with Gasteiger partial charge in [0.2, 0.25) is 0 Å². The van der Waals surface area contributed by atoms with Crippen LogP contribution in [0.4, 0.5) is 11.4 Å². The van der Waals surface area contributed by atoms with Gasteiger partial charge in [-0.25, -0.2) is 8.42 Å². The summed E-state index contributed by atoms with van der Waals surface area (Å²) in [5.74, 6) is -0.431. The van der Waals surface area contributed by atoms with E-state index >= 15 is 0 Å².